The van der Waals surface area contributed by atoms with Crippen molar-refractivity contribution < 1.29 is 13.2 Å². The maximum atomic E-state index is 12.7. The van der Waals surface area contributed by atoms with Crippen molar-refractivity contribution in [1.29, 1.82) is 0 Å². The Balaban J connectivity index is 2.34. The number of aryl methyl sites for hydroxylation is 2. The van der Waals surface area contributed by atoms with Gasteiger partial charge in [-0.05, 0) is 31.0 Å². The lowest BCUT2D eigenvalue weighted by molar-refractivity contribution is 0.00449. The van der Waals surface area contributed by atoms with Crippen LogP contribution in [0.5, 0.6) is 0 Å². The van der Waals surface area contributed by atoms with Crippen molar-refractivity contribution in [2.24, 2.45) is 5.73 Å². The lowest BCUT2D eigenvalue weighted by Crippen LogP contribution is -2.48. The second-order valence-electron chi connectivity index (χ2n) is 4.86. The molecule has 0 spiro atoms. The first kappa shape index (κ1) is 14.5. The molecule has 1 aliphatic heterocycles. The van der Waals surface area contributed by atoms with Gasteiger partial charge in [-0.2, -0.15) is 4.31 Å². The van der Waals surface area contributed by atoms with Gasteiger partial charge in [-0.1, -0.05) is 12.1 Å². The molecule has 1 heterocycles. The van der Waals surface area contributed by atoms with Gasteiger partial charge in [0, 0.05) is 19.6 Å². The number of hydrogen-bond acceptors (Lipinski definition) is 4. The summed E-state index contributed by atoms with van der Waals surface area (Å²) in [6, 6.07) is 5.47. The van der Waals surface area contributed by atoms with Crippen molar-refractivity contribution in [1.82, 2.24) is 4.31 Å². The molecule has 1 atom stereocenters. The van der Waals surface area contributed by atoms with Gasteiger partial charge in [0.1, 0.15) is 0 Å². The summed E-state index contributed by atoms with van der Waals surface area (Å²) in [7, 11) is -3.46. The predicted molar refractivity (Wildman–Crippen MR) is 73.5 cm³/mol. The Bertz CT molecular complexity index is 557. The summed E-state index contributed by atoms with van der Waals surface area (Å²) in [5, 5.41) is 0. The molecule has 0 saturated carbocycles. The molecule has 0 aromatic heterocycles. The first-order valence-electron chi connectivity index (χ1n) is 6.34. The molecular formula is C13H20N2O3S. The smallest absolute Gasteiger partial charge is 0.243 e. The third-order valence-electron chi connectivity index (χ3n) is 3.33. The van der Waals surface area contributed by atoms with Crippen LogP contribution in [0.2, 0.25) is 0 Å². The van der Waals surface area contributed by atoms with Crippen LogP contribution in [0.15, 0.2) is 23.1 Å². The maximum Gasteiger partial charge on any atom is 0.243 e. The second kappa shape index (κ2) is 5.58. The minimum atomic E-state index is -3.46. The number of ether oxygens (including phenoxy) is 1. The zero-order valence-corrected chi connectivity index (χ0v) is 12.1. The van der Waals surface area contributed by atoms with Crippen LogP contribution in [-0.2, 0) is 14.8 Å². The van der Waals surface area contributed by atoms with Gasteiger partial charge in [-0.3, -0.25) is 0 Å². The van der Waals surface area contributed by atoms with Crippen LogP contribution in [-0.4, -0.2) is 45.1 Å². The monoisotopic (exact) mass is 284 g/mol. The van der Waals surface area contributed by atoms with E-state index in [2.05, 4.69) is 0 Å². The molecule has 19 heavy (non-hydrogen) atoms. The fraction of sp³-hybridized carbons (Fsp3) is 0.538. The highest BCUT2D eigenvalue weighted by Gasteiger charge is 2.31. The third-order valence-corrected chi connectivity index (χ3v) is 5.33. The molecule has 2 rings (SSSR count). The molecule has 2 N–H and O–H groups in total. The number of sulfonamides is 1. The van der Waals surface area contributed by atoms with E-state index in [0.29, 0.717) is 31.1 Å². The van der Waals surface area contributed by atoms with Crippen molar-refractivity contribution in [3.8, 4) is 0 Å². The Kier molecular flexibility index (Phi) is 4.25. The largest absolute Gasteiger partial charge is 0.374 e. The molecular weight excluding hydrogens is 264 g/mol. The van der Waals surface area contributed by atoms with Gasteiger partial charge in [-0.25, -0.2) is 8.42 Å². The van der Waals surface area contributed by atoms with E-state index in [9.17, 15) is 8.42 Å². The van der Waals surface area contributed by atoms with Crippen molar-refractivity contribution in [2.45, 2.75) is 24.8 Å². The number of morpholine rings is 1. The van der Waals surface area contributed by atoms with E-state index in [4.69, 9.17) is 10.5 Å². The topological polar surface area (TPSA) is 72.6 Å². The fourth-order valence-electron chi connectivity index (χ4n) is 2.18. The summed E-state index contributed by atoms with van der Waals surface area (Å²) < 4.78 is 32.2. The molecule has 1 aliphatic rings. The fourth-order valence-corrected chi connectivity index (χ4v) is 3.94. The highest BCUT2D eigenvalue weighted by Crippen LogP contribution is 2.22. The van der Waals surface area contributed by atoms with Crippen LogP contribution in [0, 0.1) is 13.8 Å². The van der Waals surface area contributed by atoms with E-state index in [1.807, 2.05) is 26.0 Å². The molecule has 1 fully saturated rings. The highest BCUT2D eigenvalue weighted by atomic mass is 32.2. The van der Waals surface area contributed by atoms with E-state index < -0.39 is 10.0 Å². The standard InChI is InChI=1S/C13H20N2O3S/c1-10-3-4-11(2)13(7-10)19(16,17)15-5-6-18-12(8-14)9-15/h3-4,7,12H,5-6,8-9,14H2,1-2H3/t12-/m1/s1. The molecule has 0 unspecified atom stereocenters. The Morgan fingerprint density at radius 2 is 2.16 bits per heavy atom. The zero-order valence-electron chi connectivity index (χ0n) is 11.3. The Morgan fingerprint density at radius 1 is 1.42 bits per heavy atom. The average molecular weight is 284 g/mol. The molecule has 0 aliphatic carbocycles. The van der Waals surface area contributed by atoms with E-state index >= 15 is 0 Å². The Hall–Kier alpha value is -0.950. The summed E-state index contributed by atoms with van der Waals surface area (Å²) in [6.45, 7) is 5.14. The first-order valence-corrected chi connectivity index (χ1v) is 7.78. The summed E-state index contributed by atoms with van der Waals surface area (Å²) in [4.78, 5) is 0.380. The number of hydrogen-bond donors (Lipinski definition) is 1. The number of nitrogens with two attached hydrogens (primary N) is 1. The summed E-state index contributed by atoms with van der Waals surface area (Å²) in [5.41, 5.74) is 7.26. The Morgan fingerprint density at radius 3 is 2.84 bits per heavy atom. The third kappa shape index (κ3) is 2.97. The highest BCUT2D eigenvalue weighted by molar-refractivity contribution is 7.89. The molecule has 0 radical (unpaired) electrons. The SMILES string of the molecule is Cc1ccc(C)c(S(=O)(=O)N2CCO[C@H](CN)C2)c1. The molecule has 0 bridgehead atoms. The van der Waals surface area contributed by atoms with Crippen molar-refractivity contribution in [3.63, 3.8) is 0 Å². The van der Waals surface area contributed by atoms with Gasteiger partial charge >= 0.3 is 0 Å². The van der Waals surface area contributed by atoms with Crippen LogP contribution in [0.1, 0.15) is 11.1 Å². The number of benzene rings is 1. The minimum Gasteiger partial charge on any atom is -0.374 e. The van der Waals surface area contributed by atoms with Crippen molar-refractivity contribution >= 4 is 10.0 Å². The summed E-state index contributed by atoms with van der Waals surface area (Å²) in [5.74, 6) is 0. The van der Waals surface area contributed by atoms with Gasteiger partial charge in [0.05, 0.1) is 17.6 Å². The number of rotatable bonds is 3. The van der Waals surface area contributed by atoms with E-state index in [0.717, 1.165) is 11.1 Å². The van der Waals surface area contributed by atoms with E-state index in [1.165, 1.54) is 4.31 Å². The summed E-state index contributed by atoms with van der Waals surface area (Å²) in [6.07, 6.45) is -0.214. The van der Waals surface area contributed by atoms with Crippen LogP contribution >= 0.6 is 0 Å². The molecule has 1 aromatic rings. The van der Waals surface area contributed by atoms with E-state index in [1.54, 1.807) is 6.07 Å². The zero-order chi connectivity index (χ0) is 14.0. The molecule has 1 aromatic carbocycles. The van der Waals surface area contributed by atoms with Gasteiger partial charge in [0.25, 0.3) is 0 Å². The van der Waals surface area contributed by atoms with Crippen LogP contribution in [0.3, 0.4) is 0 Å². The molecule has 5 nitrogen and oxygen atoms in total. The van der Waals surface area contributed by atoms with Crippen molar-refractivity contribution in [3.05, 3.63) is 29.3 Å². The maximum absolute atomic E-state index is 12.7. The van der Waals surface area contributed by atoms with E-state index in [-0.39, 0.29) is 6.10 Å². The number of nitrogens with zero attached hydrogens (tertiary/aromatic N) is 1. The normalized spacial score (nSPS) is 21.5. The van der Waals surface area contributed by atoms with Crippen LogP contribution in [0.4, 0.5) is 0 Å². The first-order chi connectivity index (χ1) is 8.95. The average Bonchev–Trinajstić information content (AvgIpc) is 2.41. The molecule has 106 valence electrons. The van der Waals surface area contributed by atoms with Crippen molar-refractivity contribution in [2.75, 3.05) is 26.2 Å². The van der Waals surface area contributed by atoms with Gasteiger partial charge in [0.15, 0.2) is 0 Å². The quantitative estimate of drug-likeness (QED) is 0.884. The van der Waals surface area contributed by atoms with Gasteiger partial charge in [-0.15, -0.1) is 0 Å². The lowest BCUT2D eigenvalue weighted by Gasteiger charge is -2.31. The molecule has 0 amide bonds. The molecule has 6 heteroatoms. The predicted octanol–water partition coefficient (Wildman–Crippen LogP) is 0.652. The minimum absolute atomic E-state index is 0.214. The van der Waals surface area contributed by atoms with Gasteiger partial charge in [0.2, 0.25) is 10.0 Å². The second-order valence-corrected chi connectivity index (χ2v) is 6.77. The summed E-state index contributed by atoms with van der Waals surface area (Å²) >= 11 is 0. The lowest BCUT2D eigenvalue weighted by atomic mass is 10.2. The van der Waals surface area contributed by atoms with Crippen LogP contribution in [0.25, 0.3) is 0 Å². The van der Waals surface area contributed by atoms with Gasteiger partial charge < -0.3 is 10.5 Å². The Labute approximate surface area is 114 Å². The molecule has 1 saturated heterocycles. The van der Waals surface area contributed by atoms with Crippen LogP contribution < -0.4 is 5.73 Å².